The molecular weight excluding hydrogens is 332 g/mol. The van der Waals surface area contributed by atoms with E-state index in [2.05, 4.69) is 5.32 Å². The first-order chi connectivity index (χ1) is 12.1. The van der Waals surface area contributed by atoms with Crippen molar-refractivity contribution in [3.05, 3.63) is 0 Å². The van der Waals surface area contributed by atoms with Gasteiger partial charge < -0.3 is 20.6 Å². The second-order valence-electron chi connectivity index (χ2n) is 6.52. The van der Waals surface area contributed by atoms with E-state index in [1.165, 1.54) is 69.7 Å². The largest absolute Gasteiger partial charge is 0.330 e. The van der Waals surface area contributed by atoms with E-state index < -0.39 is 0 Å². The highest BCUT2D eigenvalue weighted by Gasteiger charge is 2.32. The number of carbonyl (C=O) groups excluding carboxylic acids is 2. The number of aldehydes is 2. The van der Waals surface area contributed by atoms with Gasteiger partial charge in [0.15, 0.2) is 0 Å². The average Bonchev–Trinajstić information content (AvgIpc) is 3.10. The van der Waals surface area contributed by atoms with Crippen LogP contribution in [-0.4, -0.2) is 43.7 Å². The molecule has 150 valence electrons. The van der Waals surface area contributed by atoms with Crippen molar-refractivity contribution in [3.8, 4) is 0 Å². The van der Waals surface area contributed by atoms with Gasteiger partial charge in [-0.3, -0.25) is 0 Å². The Morgan fingerprint density at radius 2 is 1.72 bits per heavy atom. The Bertz CT molecular complexity index is 295. The van der Waals surface area contributed by atoms with E-state index in [1.807, 2.05) is 27.8 Å². The van der Waals surface area contributed by atoms with Gasteiger partial charge in [-0.05, 0) is 64.1 Å². The molecule has 0 aromatic heterocycles. The van der Waals surface area contributed by atoms with Crippen molar-refractivity contribution in [1.82, 2.24) is 5.32 Å². The Balaban J connectivity index is 0. The fourth-order valence-electron chi connectivity index (χ4n) is 3.27. The molecule has 1 rings (SSSR count). The van der Waals surface area contributed by atoms with Crippen LogP contribution in [0.25, 0.3) is 0 Å². The Hall–Kier alpha value is -0.390. The molecule has 0 aromatic rings. The van der Waals surface area contributed by atoms with Crippen LogP contribution in [0.5, 0.6) is 0 Å². The van der Waals surface area contributed by atoms with Crippen LogP contribution < -0.4 is 11.1 Å². The molecule has 25 heavy (non-hydrogen) atoms. The van der Waals surface area contributed by atoms with Crippen LogP contribution >= 0.6 is 11.8 Å². The highest BCUT2D eigenvalue weighted by molar-refractivity contribution is 8.00. The first-order valence-electron chi connectivity index (χ1n) is 9.97. The second kappa shape index (κ2) is 19.9. The number of carbonyl (C=O) groups is 2. The van der Waals surface area contributed by atoms with Gasteiger partial charge in [-0.1, -0.05) is 33.6 Å². The molecule has 0 amide bonds. The minimum Gasteiger partial charge on any atom is -0.330 e. The zero-order valence-electron chi connectivity index (χ0n) is 17.0. The van der Waals surface area contributed by atoms with E-state index in [-0.39, 0.29) is 5.25 Å². The summed E-state index contributed by atoms with van der Waals surface area (Å²) in [6.45, 7) is 7.97. The number of hydrogen-bond acceptors (Lipinski definition) is 5. The van der Waals surface area contributed by atoms with Crippen molar-refractivity contribution >= 4 is 24.3 Å². The SMILES string of the molecule is CC.CC(CC=O)SCC=O.CNCCCC1(CCCN)CCCC1. The topological polar surface area (TPSA) is 72.2 Å². The summed E-state index contributed by atoms with van der Waals surface area (Å²) in [6.07, 6.45) is 13.4. The van der Waals surface area contributed by atoms with E-state index in [1.54, 1.807) is 0 Å². The van der Waals surface area contributed by atoms with Crippen molar-refractivity contribution in [1.29, 1.82) is 0 Å². The molecule has 1 aliphatic carbocycles. The van der Waals surface area contributed by atoms with Crippen LogP contribution in [0.2, 0.25) is 0 Å². The second-order valence-corrected chi connectivity index (χ2v) is 7.99. The van der Waals surface area contributed by atoms with Gasteiger partial charge in [-0.25, -0.2) is 0 Å². The Morgan fingerprint density at radius 1 is 1.12 bits per heavy atom. The normalized spacial score (nSPS) is 16.0. The summed E-state index contributed by atoms with van der Waals surface area (Å²) in [5, 5.41) is 3.53. The Kier molecular flexibility index (Phi) is 21.4. The summed E-state index contributed by atoms with van der Waals surface area (Å²) in [5.74, 6) is 0.495. The van der Waals surface area contributed by atoms with E-state index in [0.29, 0.717) is 17.6 Å². The lowest BCUT2D eigenvalue weighted by molar-refractivity contribution is -0.108. The molecule has 0 spiro atoms. The lowest BCUT2D eigenvalue weighted by Crippen LogP contribution is -2.20. The van der Waals surface area contributed by atoms with Gasteiger partial charge in [0.25, 0.3) is 0 Å². The Morgan fingerprint density at radius 3 is 2.20 bits per heavy atom. The van der Waals surface area contributed by atoms with Crippen LogP contribution in [0, 0.1) is 5.41 Å². The van der Waals surface area contributed by atoms with Crippen LogP contribution in [0.4, 0.5) is 0 Å². The summed E-state index contributed by atoms with van der Waals surface area (Å²) in [7, 11) is 2.04. The molecule has 0 heterocycles. The third-order valence-electron chi connectivity index (χ3n) is 4.59. The number of nitrogens with two attached hydrogens (primary N) is 1. The van der Waals surface area contributed by atoms with Gasteiger partial charge in [0, 0.05) is 17.4 Å². The monoisotopic (exact) mass is 374 g/mol. The standard InChI is InChI=1S/C12H26N2.C6H10O2S.C2H6/c1-14-11-5-9-12(8-4-10-13)6-2-3-7-12;1-6(2-3-7)9-5-4-8;1-2/h14H,2-11,13H2,1H3;3-4,6H,2,5H2,1H3;1-2H3. The summed E-state index contributed by atoms with van der Waals surface area (Å²) in [5.41, 5.74) is 6.28. The predicted molar refractivity (Wildman–Crippen MR) is 112 cm³/mol. The third-order valence-corrected chi connectivity index (χ3v) is 5.68. The lowest BCUT2D eigenvalue weighted by Gasteiger charge is -2.29. The van der Waals surface area contributed by atoms with E-state index in [0.717, 1.165) is 19.1 Å². The van der Waals surface area contributed by atoms with Gasteiger partial charge in [0.05, 0.1) is 0 Å². The average molecular weight is 375 g/mol. The number of nitrogens with one attached hydrogen (secondary N) is 1. The first-order valence-corrected chi connectivity index (χ1v) is 11.0. The Labute approximate surface area is 160 Å². The van der Waals surface area contributed by atoms with E-state index in [9.17, 15) is 9.59 Å². The quantitative estimate of drug-likeness (QED) is 0.395. The maximum absolute atomic E-state index is 9.88. The van der Waals surface area contributed by atoms with Gasteiger partial charge in [0.1, 0.15) is 12.6 Å². The summed E-state index contributed by atoms with van der Waals surface area (Å²) in [6, 6.07) is 0. The van der Waals surface area contributed by atoms with Crippen LogP contribution in [-0.2, 0) is 9.59 Å². The van der Waals surface area contributed by atoms with Crippen molar-refractivity contribution in [2.75, 3.05) is 25.9 Å². The molecule has 1 aliphatic rings. The van der Waals surface area contributed by atoms with Crippen LogP contribution in [0.1, 0.15) is 78.6 Å². The van der Waals surface area contributed by atoms with Crippen LogP contribution in [0.15, 0.2) is 0 Å². The molecule has 0 bridgehead atoms. The molecule has 1 fully saturated rings. The van der Waals surface area contributed by atoms with Gasteiger partial charge >= 0.3 is 0 Å². The summed E-state index contributed by atoms with van der Waals surface area (Å²) >= 11 is 1.50. The summed E-state index contributed by atoms with van der Waals surface area (Å²) in [4.78, 5) is 19.7. The molecule has 0 radical (unpaired) electrons. The molecule has 0 saturated heterocycles. The molecule has 0 aromatic carbocycles. The van der Waals surface area contributed by atoms with Gasteiger partial charge in [-0.2, -0.15) is 11.8 Å². The highest BCUT2D eigenvalue weighted by Crippen LogP contribution is 2.45. The van der Waals surface area contributed by atoms with Crippen molar-refractivity contribution in [2.45, 2.75) is 83.8 Å². The minimum absolute atomic E-state index is 0.285. The maximum Gasteiger partial charge on any atom is 0.129 e. The number of thioether (sulfide) groups is 1. The predicted octanol–water partition coefficient (Wildman–Crippen LogP) is 4.21. The third kappa shape index (κ3) is 15.6. The van der Waals surface area contributed by atoms with Gasteiger partial charge in [0.2, 0.25) is 0 Å². The zero-order chi connectivity index (χ0) is 19.4. The highest BCUT2D eigenvalue weighted by atomic mass is 32.2. The van der Waals surface area contributed by atoms with Crippen molar-refractivity contribution in [3.63, 3.8) is 0 Å². The lowest BCUT2D eigenvalue weighted by atomic mass is 9.77. The van der Waals surface area contributed by atoms with E-state index in [4.69, 9.17) is 5.73 Å². The minimum atomic E-state index is 0.285. The van der Waals surface area contributed by atoms with E-state index >= 15 is 0 Å². The molecule has 1 unspecified atom stereocenters. The molecule has 0 aliphatic heterocycles. The molecule has 5 heteroatoms. The smallest absolute Gasteiger partial charge is 0.129 e. The molecule has 1 atom stereocenters. The maximum atomic E-state index is 9.88. The van der Waals surface area contributed by atoms with Gasteiger partial charge in [-0.15, -0.1) is 0 Å². The fourth-order valence-corrected chi connectivity index (χ4v) is 3.90. The number of hydrogen-bond donors (Lipinski definition) is 2. The van der Waals surface area contributed by atoms with Crippen LogP contribution in [0.3, 0.4) is 0 Å². The first kappa shape index (κ1) is 26.8. The molecule has 3 N–H and O–H groups in total. The molecular formula is C20H42N2O2S. The van der Waals surface area contributed by atoms with Crippen molar-refractivity contribution < 1.29 is 9.59 Å². The number of rotatable bonds is 12. The summed E-state index contributed by atoms with van der Waals surface area (Å²) < 4.78 is 0. The zero-order valence-corrected chi connectivity index (χ0v) is 17.8. The molecule has 4 nitrogen and oxygen atoms in total. The fraction of sp³-hybridized carbons (Fsp3) is 0.900. The van der Waals surface area contributed by atoms with Crippen molar-refractivity contribution in [2.24, 2.45) is 11.1 Å². The molecule has 1 saturated carbocycles.